The standard InChI is InChI=1S/C13H16Cl2O2/c1-2-6-16-13-11(15)8-12(13)17-10-5-3-4-9(14)7-10/h3-5,7,11-13H,2,6,8H2,1H3. The van der Waals surface area contributed by atoms with Gasteiger partial charge in [0.1, 0.15) is 18.0 Å². The first-order valence-corrected chi connectivity index (χ1v) is 6.70. The Morgan fingerprint density at radius 2 is 2.24 bits per heavy atom. The van der Waals surface area contributed by atoms with Gasteiger partial charge in [-0.15, -0.1) is 11.6 Å². The normalized spacial score (nSPS) is 27.6. The highest BCUT2D eigenvalue weighted by molar-refractivity contribution is 6.30. The Bertz CT molecular complexity index is 370. The molecule has 2 nitrogen and oxygen atoms in total. The predicted octanol–water partition coefficient (Wildman–Crippen LogP) is 3.89. The summed E-state index contributed by atoms with van der Waals surface area (Å²) in [6.07, 6.45) is 1.85. The summed E-state index contributed by atoms with van der Waals surface area (Å²) in [6.45, 7) is 2.80. The Morgan fingerprint density at radius 1 is 1.41 bits per heavy atom. The molecule has 1 saturated carbocycles. The van der Waals surface area contributed by atoms with E-state index >= 15 is 0 Å². The number of hydrogen-bond donors (Lipinski definition) is 0. The molecule has 0 amide bonds. The Balaban J connectivity index is 1.91. The van der Waals surface area contributed by atoms with Gasteiger partial charge in [-0.3, -0.25) is 0 Å². The van der Waals surface area contributed by atoms with Crippen molar-refractivity contribution in [1.82, 2.24) is 0 Å². The van der Waals surface area contributed by atoms with Crippen LogP contribution in [0.4, 0.5) is 0 Å². The third-order valence-corrected chi connectivity index (χ3v) is 3.44. The van der Waals surface area contributed by atoms with Gasteiger partial charge in [-0.25, -0.2) is 0 Å². The zero-order valence-electron chi connectivity index (χ0n) is 9.74. The molecule has 17 heavy (non-hydrogen) atoms. The lowest BCUT2D eigenvalue weighted by Crippen LogP contribution is -2.52. The average Bonchev–Trinajstić information content (AvgIpc) is 2.29. The highest BCUT2D eigenvalue weighted by atomic mass is 35.5. The van der Waals surface area contributed by atoms with Gasteiger partial charge in [-0.05, 0) is 24.6 Å². The van der Waals surface area contributed by atoms with Crippen LogP contribution < -0.4 is 4.74 Å². The molecule has 2 rings (SSSR count). The van der Waals surface area contributed by atoms with Crippen LogP contribution in [0.15, 0.2) is 24.3 Å². The Labute approximate surface area is 112 Å². The van der Waals surface area contributed by atoms with Crippen LogP contribution in [0, 0.1) is 0 Å². The molecular formula is C13H16Cl2O2. The molecular weight excluding hydrogens is 259 g/mol. The summed E-state index contributed by atoms with van der Waals surface area (Å²) in [5.74, 6) is 0.774. The van der Waals surface area contributed by atoms with E-state index in [9.17, 15) is 0 Å². The molecule has 94 valence electrons. The van der Waals surface area contributed by atoms with Gasteiger partial charge < -0.3 is 9.47 Å². The molecule has 4 heteroatoms. The van der Waals surface area contributed by atoms with E-state index < -0.39 is 0 Å². The van der Waals surface area contributed by atoms with Gasteiger partial charge in [0, 0.05) is 18.1 Å². The number of halogens is 2. The summed E-state index contributed by atoms with van der Waals surface area (Å²) in [6, 6.07) is 7.39. The summed E-state index contributed by atoms with van der Waals surface area (Å²) in [7, 11) is 0. The molecule has 1 aromatic carbocycles. The van der Waals surface area contributed by atoms with Gasteiger partial charge >= 0.3 is 0 Å². The molecule has 0 radical (unpaired) electrons. The van der Waals surface area contributed by atoms with E-state index in [0.717, 1.165) is 25.2 Å². The van der Waals surface area contributed by atoms with Crippen molar-refractivity contribution in [2.45, 2.75) is 37.4 Å². The average molecular weight is 275 g/mol. The molecule has 1 fully saturated rings. The van der Waals surface area contributed by atoms with Crippen LogP contribution in [0.5, 0.6) is 5.75 Å². The third-order valence-electron chi connectivity index (χ3n) is 2.78. The van der Waals surface area contributed by atoms with Crippen LogP contribution in [0.3, 0.4) is 0 Å². The SMILES string of the molecule is CCCOC1C(Cl)CC1Oc1cccc(Cl)c1. The van der Waals surface area contributed by atoms with Crippen molar-refractivity contribution >= 4 is 23.2 Å². The fourth-order valence-electron chi connectivity index (χ4n) is 1.82. The summed E-state index contributed by atoms with van der Waals surface area (Å²) in [4.78, 5) is 0. The lowest BCUT2D eigenvalue weighted by molar-refractivity contribution is -0.0797. The first kappa shape index (κ1) is 13.0. The molecule has 0 spiro atoms. The van der Waals surface area contributed by atoms with E-state index in [4.69, 9.17) is 32.7 Å². The smallest absolute Gasteiger partial charge is 0.128 e. The second-order valence-corrected chi connectivity index (χ2v) is 5.20. The maximum absolute atomic E-state index is 6.11. The van der Waals surface area contributed by atoms with Crippen LogP contribution in [0.1, 0.15) is 19.8 Å². The van der Waals surface area contributed by atoms with Gasteiger partial charge in [-0.1, -0.05) is 24.6 Å². The maximum atomic E-state index is 6.11. The highest BCUT2D eigenvalue weighted by Gasteiger charge is 2.42. The van der Waals surface area contributed by atoms with Gasteiger partial charge in [0.25, 0.3) is 0 Å². The summed E-state index contributed by atoms with van der Waals surface area (Å²) < 4.78 is 11.5. The van der Waals surface area contributed by atoms with Crippen LogP contribution in [0.25, 0.3) is 0 Å². The molecule has 0 N–H and O–H groups in total. The fourth-order valence-corrected chi connectivity index (χ4v) is 2.41. The van der Waals surface area contributed by atoms with Crippen molar-refractivity contribution in [3.63, 3.8) is 0 Å². The molecule has 0 heterocycles. The van der Waals surface area contributed by atoms with E-state index in [1.54, 1.807) is 6.07 Å². The number of ether oxygens (including phenoxy) is 2. The minimum Gasteiger partial charge on any atom is -0.488 e. The zero-order valence-corrected chi connectivity index (χ0v) is 11.2. The molecule has 1 aliphatic carbocycles. The highest BCUT2D eigenvalue weighted by Crippen LogP contribution is 2.33. The Kier molecular flexibility index (Phi) is 4.55. The second kappa shape index (κ2) is 5.94. The maximum Gasteiger partial charge on any atom is 0.128 e. The first-order chi connectivity index (χ1) is 8.20. The minimum absolute atomic E-state index is 0.00408. The molecule has 1 aromatic rings. The molecule has 3 unspecified atom stereocenters. The molecule has 0 aromatic heterocycles. The van der Waals surface area contributed by atoms with Crippen molar-refractivity contribution in [3.05, 3.63) is 29.3 Å². The monoisotopic (exact) mass is 274 g/mol. The van der Waals surface area contributed by atoms with Gasteiger partial charge in [0.15, 0.2) is 0 Å². The topological polar surface area (TPSA) is 18.5 Å². The van der Waals surface area contributed by atoms with Crippen molar-refractivity contribution in [2.75, 3.05) is 6.61 Å². The van der Waals surface area contributed by atoms with Crippen LogP contribution in [-0.4, -0.2) is 24.2 Å². The Hall–Kier alpha value is -0.440. The number of benzene rings is 1. The van der Waals surface area contributed by atoms with Gasteiger partial charge in [0.05, 0.1) is 5.38 Å². The predicted molar refractivity (Wildman–Crippen MR) is 70.2 cm³/mol. The molecule has 0 saturated heterocycles. The van der Waals surface area contributed by atoms with E-state index in [0.29, 0.717) is 5.02 Å². The quantitative estimate of drug-likeness (QED) is 0.759. The first-order valence-electron chi connectivity index (χ1n) is 5.88. The third kappa shape index (κ3) is 3.27. The number of rotatable bonds is 5. The fraction of sp³-hybridized carbons (Fsp3) is 0.538. The molecule has 0 bridgehead atoms. The van der Waals surface area contributed by atoms with E-state index in [2.05, 4.69) is 6.92 Å². The van der Waals surface area contributed by atoms with Crippen molar-refractivity contribution in [3.8, 4) is 5.75 Å². The summed E-state index contributed by atoms with van der Waals surface area (Å²) >= 11 is 12.0. The molecule has 3 atom stereocenters. The molecule has 0 aliphatic heterocycles. The molecule has 1 aliphatic rings. The van der Waals surface area contributed by atoms with Crippen LogP contribution >= 0.6 is 23.2 Å². The minimum atomic E-state index is -0.00408. The number of alkyl halides is 1. The lowest BCUT2D eigenvalue weighted by atomic mass is 9.91. The van der Waals surface area contributed by atoms with Gasteiger partial charge in [-0.2, -0.15) is 0 Å². The van der Waals surface area contributed by atoms with E-state index in [1.165, 1.54) is 0 Å². The van der Waals surface area contributed by atoms with Crippen LogP contribution in [-0.2, 0) is 4.74 Å². The Morgan fingerprint density at radius 3 is 2.88 bits per heavy atom. The van der Waals surface area contributed by atoms with E-state index in [-0.39, 0.29) is 17.6 Å². The largest absolute Gasteiger partial charge is 0.488 e. The van der Waals surface area contributed by atoms with Crippen LogP contribution in [0.2, 0.25) is 5.02 Å². The van der Waals surface area contributed by atoms with Crippen molar-refractivity contribution in [2.24, 2.45) is 0 Å². The number of hydrogen-bond acceptors (Lipinski definition) is 2. The van der Waals surface area contributed by atoms with Crippen molar-refractivity contribution < 1.29 is 9.47 Å². The zero-order chi connectivity index (χ0) is 12.3. The second-order valence-electron chi connectivity index (χ2n) is 4.20. The summed E-state index contributed by atoms with van der Waals surface area (Å²) in [5.41, 5.74) is 0. The van der Waals surface area contributed by atoms with Crippen molar-refractivity contribution in [1.29, 1.82) is 0 Å². The van der Waals surface area contributed by atoms with E-state index in [1.807, 2.05) is 18.2 Å². The van der Waals surface area contributed by atoms with Gasteiger partial charge in [0.2, 0.25) is 0 Å². The summed E-state index contributed by atoms with van der Waals surface area (Å²) in [5, 5.41) is 0.737. The lowest BCUT2D eigenvalue weighted by Gasteiger charge is -2.40.